The van der Waals surface area contributed by atoms with E-state index < -0.39 is 0 Å². The Bertz CT molecular complexity index is 312. The highest BCUT2D eigenvalue weighted by Gasteiger charge is 2.25. The first-order valence-corrected chi connectivity index (χ1v) is 5.81. The van der Waals surface area contributed by atoms with Crippen LogP contribution < -0.4 is 10.6 Å². The Labute approximate surface area is 88.1 Å². The number of aryl methyl sites for hydroxylation is 1. The van der Waals surface area contributed by atoms with E-state index in [2.05, 4.69) is 22.0 Å². The van der Waals surface area contributed by atoms with Gasteiger partial charge < -0.3 is 10.6 Å². The van der Waals surface area contributed by atoms with Gasteiger partial charge in [-0.3, -0.25) is 0 Å². The molecule has 78 valence electrons. The van der Waals surface area contributed by atoms with Gasteiger partial charge in [0.05, 0.1) is 0 Å². The van der Waals surface area contributed by atoms with Gasteiger partial charge in [0.2, 0.25) is 5.13 Å². The molecule has 4 nitrogen and oxygen atoms in total. The normalized spacial score (nSPS) is 28.1. The topological polar surface area (TPSA) is 55.0 Å². The predicted molar refractivity (Wildman–Crippen MR) is 58.7 cm³/mol. The highest BCUT2D eigenvalue weighted by molar-refractivity contribution is 7.15. The van der Waals surface area contributed by atoms with E-state index in [0.29, 0.717) is 12.1 Å². The first-order chi connectivity index (χ1) is 6.66. The van der Waals surface area contributed by atoms with Crippen LogP contribution in [0.15, 0.2) is 0 Å². The molecular formula is C9H16N4S. The molecule has 0 bridgehead atoms. The highest BCUT2D eigenvalue weighted by Crippen LogP contribution is 2.26. The maximum atomic E-state index is 5.91. The van der Waals surface area contributed by atoms with E-state index in [4.69, 9.17) is 5.73 Å². The average Bonchev–Trinajstić information content (AvgIpc) is 2.51. The van der Waals surface area contributed by atoms with Gasteiger partial charge in [-0.05, 0) is 26.7 Å². The molecule has 2 rings (SSSR count). The van der Waals surface area contributed by atoms with E-state index in [1.165, 1.54) is 0 Å². The first kappa shape index (κ1) is 9.86. The molecule has 1 aliphatic rings. The number of aromatic nitrogens is 2. The lowest BCUT2D eigenvalue weighted by Gasteiger charge is -2.35. The van der Waals surface area contributed by atoms with Crippen LogP contribution in [-0.2, 0) is 0 Å². The molecule has 0 spiro atoms. The lowest BCUT2D eigenvalue weighted by Crippen LogP contribution is -2.45. The molecule has 1 aliphatic heterocycles. The zero-order valence-corrected chi connectivity index (χ0v) is 9.42. The summed E-state index contributed by atoms with van der Waals surface area (Å²) in [5.41, 5.74) is 5.91. The second kappa shape index (κ2) is 3.82. The average molecular weight is 212 g/mol. The number of anilines is 1. The Balaban J connectivity index is 2.11. The summed E-state index contributed by atoms with van der Waals surface area (Å²) in [5.74, 6) is 0. The van der Waals surface area contributed by atoms with Crippen LogP contribution in [0.4, 0.5) is 5.13 Å². The van der Waals surface area contributed by atoms with Crippen LogP contribution in [-0.4, -0.2) is 28.8 Å². The molecule has 2 heterocycles. The number of hydrogen-bond acceptors (Lipinski definition) is 5. The van der Waals surface area contributed by atoms with Crippen LogP contribution in [0, 0.1) is 6.92 Å². The van der Waals surface area contributed by atoms with Crippen molar-refractivity contribution in [2.45, 2.75) is 38.8 Å². The maximum absolute atomic E-state index is 5.91. The van der Waals surface area contributed by atoms with Gasteiger partial charge in [0.1, 0.15) is 5.01 Å². The van der Waals surface area contributed by atoms with E-state index in [-0.39, 0.29) is 0 Å². The van der Waals surface area contributed by atoms with Crippen molar-refractivity contribution in [2.75, 3.05) is 11.4 Å². The fourth-order valence-corrected chi connectivity index (χ4v) is 2.71. The molecule has 2 unspecified atom stereocenters. The molecule has 2 N–H and O–H groups in total. The number of nitrogens with two attached hydrogens (primary N) is 1. The molecule has 1 aromatic heterocycles. The third kappa shape index (κ3) is 1.88. The van der Waals surface area contributed by atoms with E-state index >= 15 is 0 Å². The number of nitrogens with zero attached hydrogens (tertiary/aromatic N) is 3. The maximum Gasteiger partial charge on any atom is 0.208 e. The van der Waals surface area contributed by atoms with E-state index in [0.717, 1.165) is 29.5 Å². The third-order valence-electron chi connectivity index (χ3n) is 2.68. The van der Waals surface area contributed by atoms with Crippen molar-refractivity contribution in [1.29, 1.82) is 0 Å². The molecule has 0 amide bonds. The lowest BCUT2D eigenvalue weighted by molar-refractivity contribution is 0.428. The van der Waals surface area contributed by atoms with Crippen molar-refractivity contribution in [3.63, 3.8) is 0 Å². The van der Waals surface area contributed by atoms with Crippen molar-refractivity contribution in [3.05, 3.63) is 5.01 Å². The summed E-state index contributed by atoms with van der Waals surface area (Å²) in [4.78, 5) is 2.31. The summed E-state index contributed by atoms with van der Waals surface area (Å²) in [6.07, 6.45) is 2.11. The summed E-state index contributed by atoms with van der Waals surface area (Å²) < 4.78 is 0. The summed E-state index contributed by atoms with van der Waals surface area (Å²) in [5, 5.41) is 10.3. The SMILES string of the molecule is Cc1nnc(N2CCC(N)CC2C)s1. The largest absolute Gasteiger partial charge is 0.344 e. The number of hydrogen-bond donors (Lipinski definition) is 1. The van der Waals surface area contributed by atoms with Crippen molar-refractivity contribution < 1.29 is 0 Å². The quantitative estimate of drug-likeness (QED) is 0.759. The second-order valence-corrected chi connectivity index (χ2v) is 5.09. The van der Waals surface area contributed by atoms with Crippen LogP contribution in [0.3, 0.4) is 0 Å². The van der Waals surface area contributed by atoms with Crippen molar-refractivity contribution >= 4 is 16.5 Å². The van der Waals surface area contributed by atoms with Gasteiger partial charge in [0, 0.05) is 18.6 Å². The molecule has 0 aromatic carbocycles. The third-order valence-corrected chi connectivity index (χ3v) is 3.55. The van der Waals surface area contributed by atoms with Crippen LogP contribution in [0.2, 0.25) is 0 Å². The molecule has 1 saturated heterocycles. The van der Waals surface area contributed by atoms with Gasteiger partial charge >= 0.3 is 0 Å². The number of piperidine rings is 1. The Hall–Kier alpha value is -0.680. The fourth-order valence-electron chi connectivity index (χ4n) is 1.89. The second-order valence-electron chi connectivity index (χ2n) is 3.93. The molecule has 0 saturated carbocycles. The monoisotopic (exact) mass is 212 g/mol. The minimum Gasteiger partial charge on any atom is -0.344 e. The van der Waals surface area contributed by atoms with Crippen molar-refractivity contribution in [3.8, 4) is 0 Å². The molecule has 0 radical (unpaired) electrons. The van der Waals surface area contributed by atoms with Gasteiger partial charge in [-0.1, -0.05) is 11.3 Å². The molecule has 2 atom stereocenters. The molecule has 14 heavy (non-hydrogen) atoms. The lowest BCUT2D eigenvalue weighted by atomic mass is 10.00. The summed E-state index contributed by atoms with van der Waals surface area (Å²) >= 11 is 1.66. The summed E-state index contributed by atoms with van der Waals surface area (Å²) in [7, 11) is 0. The van der Waals surface area contributed by atoms with E-state index in [9.17, 15) is 0 Å². The minimum atomic E-state index is 0.357. The van der Waals surface area contributed by atoms with Gasteiger partial charge in [-0.15, -0.1) is 10.2 Å². The zero-order valence-electron chi connectivity index (χ0n) is 8.60. The molecular weight excluding hydrogens is 196 g/mol. The Morgan fingerprint density at radius 1 is 1.50 bits per heavy atom. The van der Waals surface area contributed by atoms with Crippen LogP contribution in [0.25, 0.3) is 0 Å². The molecule has 0 aliphatic carbocycles. The van der Waals surface area contributed by atoms with Gasteiger partial charge in [-0.25, -0.2) is 0 Å². The van der Waals surface area contributed by atoms with E-state index in [1.807, 2.05) is 6.92 Å². The molecule has 5 heteroatoms. The number of rotatable bonds is 1. The minimum absolute atomic E-state index is 0.357. The summed E-state index contributed by atoms with van der Waals surface area (Å²) in [6, 6.07) is 0.848. The highest BCUT2D eigenvalue weighted by atomic mass is 32.1. The Kier molecular flexibility index (Phi) is 2.69. The standard InChI is InChI=1S/C9H16N4S/c1-6-5-8(10)3-4-13(6)9-12-11-7(2)14-9/h6,8H,3-5,10H2,1-2H3. The van der Waals surface area contributed by atoms with Crippen LogP contribution >= 0.6 is 11.3 Å². The van der Waals surface area contributed by atoms with Crippen LogP contribution in [0.1, 0.15) is 24.8 Å². The van der Waals surface area contributed by atoms with Gasteiger partial charge in [0.25, 0.3) is 0 Å². The van der Waals surface area contributed by atoms with Crippen LogP contribution in [0.5, 0.6) is 0 Å². The summed E-state index contributed by atoms with van der Waals surface area (Å²) in [6.45, 7) is 5.20. The van der Waals surface area contributed by atoms with Crippen molar-refractivity contribution in [2.24, 2.45) is 5.73 Å². The van der Waals surface area contributed by atoms with Gasteiger partial charge in [0.15, 0.2) is 0 Å². The fraction of sp³-hybridized carbons (Fsp3) is 0.778. The van der Waals surface area contributed by atoms with Crippen molar-refractivity contribution in [1.82, 2.24) is 10.2 Å². The Morgan fingerprint density at radius 3 is 2.86 bits per heavy atom. The molecule has 1 fully saturated rings. The smallest absolute Gasteiger partial charge is 0.208 e. The van der Waals surface area contributed by atoms with Gasteiger partial charge in [-0.2, -0.15) is 0 Å². The zero-order chi connectivity index (χ0) is 10.1. The molecule has 1 aromatic rings. The first-order valence-electron chi connectivity index (χ1n) is 4.99. The Morgan fingerprint density at radius 2 is 2.29 bits per heavy atom. The van der Waals surface area contributed by atoms with E-state index in [1.54, 1.807) is 11.3 Å². The predicted octanol–water partition coefficient (Wildman–Crippen LogP) is 1.16.